The topological polar surface area (TPSA) is 67.9 Å². The monoisotopic (exact) mass is 486 g/mol. The van der Waals surface area contributed by atoms with Crippen LogP contribution in [0.2, 0.25) is 0 Å². The number of nitrogens with zero attached hydrogens (tertiary/aromatic N) is 1. The van der Waals surface area contributed by atoms with Gasteiger partial charge in [0.1, 0.15) is 23.4 Å². The molecule has 2 amide bonds. The molecule has 3 rings (SSSR count). The first kappa shape index (κ1) is 25.9. The van der Waals surface area contributed by atoms with Crippen LogP contribution in [0.3, 0.4) is 0 Å². The Labute approximate surface area is 207 Å². The van der Waals surface area contributed by atoms with E-state index in [4.69, 9.17) is 21.1 Å². The summed E-state index contributed by atoms with van der Waals surface area (Å²) in [4.78, 5) is 28.5. The lowest BCUT2D eigenvalue weighted by Crippen LogP contribution is -2.47. The molecule has 2 aromatic rings. The van der Waals surface area contributed by atoms with Gasteiger partial charge in [0.25, 0.3) is 0 Å². The average molecular weight is 487 g/mol. The zero-order valence-corrected chi connectivity index (χ0v) is 21.2. The average Bonchev–Trinajstić information content (AvgIpc) is 2.85. The van der Waals surface area contributed by atoms with Crippen molar-refractivity contribution in [3.8, 4) is 11.5 Å². The summed E-state index contributed by atoms with van der Waals surface area (Å²) in [7, 11) is 3.12. The fourth-order valence-electron chi connectivity index (χ4n) is 4.48. The van der Waals surface area contributed by atoms with Crippen LogP contribution in [-0.4, -0.2) is 42.9 Å². The molecular formula is C27H35ClN2O4. The van der Waals surface area contributed by atoms with E-state index in [1.807, 2.05) is 31.2 Å². The second-order valence-corrected chi connectivity index (χ2v) is 9.38. The van der Waals surface area contributed by atoms with Gasteiger partial charge in [-0.15, -0.1) is 11.6 Å². The highest BCUT2D eigenvalue weighted by atomic mass is 35.5. The maximum Gasteiger partial charge on any atom is 0.247 e. The Morgan fingerprint density at radius 2 is 1.74 bits per heavy atom. The Kier molecular flexibility index (Phi) is 9.22. The summed E-state index contributed by atoms with van der Waals surface area (Å²) in [5.41, 5.74) is 2.60. The predicted octanol–water partition coefficient (Wildman–Crippen LogP) is 5.02. The first-order chi connectivity index (χ1) is 16.4. The lowest BCUT2D eigenvalue weighted by atomic mass is 9.87. The van der Waals surface area contributed by atoms with Crippen LogP contribution in [0.4, 0.5) is 0 Å². The van der Waals surface area contributed by atoms with E-state index in [0.29, 0.717) is 23.0 Å². The van der Waals surface area contributed by atoms with Gasteiger partial charge in [0.15, 0.2) is 0 Å². The molecule has 0 aliphatic heterocycles. The number of methoxy groups -OCH3 is 2. The van der Waals surface area contributed by atoms with Gasteiger partial charge in [-0.2, -0.15) is 0 Å². The Morgan fingerprint density at radius 1 is 1.06 bits per heavy atom. The van der Waals surface area contributed by atoms with Gasteiger partial charge < -0.3 is 19.7 Å². The minimum atomic E-state index is -0.919. The molecule has 0 aromatic heterocycles. The van der Waals surface area contributed by atoms with Gasteiger partial charge in [0, 0.05) is 18.2 Å². The smallest absolute Gasteiger partial charge is 0.247 e. The summed E-state index contributed by atoms with van der Waals surface area (Å²) in [6, 6.07) is 12.3. The standard InChI is InChI=1S/C27H35ClN2O4/c1-18-5-9-20(10-6-18)17-30(25(31)16-28)26(23-15-22(33-3)13-14-24(23)34-4)27(32)29-21-11-7-19(2)8-12-21/h5-6,9-10,13-15,19,21,26H,7-8,11-12,16-17H2,1-4H3,(H,29,32)/t19?,21?,26-/m1/s1. The van der Waals surface area contributed by atoms with Gasteiger partial charge in [-0.05, 0) is 62.3 Å². The number of benzene rings is 2. The molecule has 0 spiro atoms. The molecule has 6 nitrogen and oxygen atoms in total. The summed E-state index contributed by atoms with van der Waals surface area (Å²) in [6.07, 6.45) is 4.00. The van der Waals surface area contributed by atoms with E-state index in [2.05, 4.69) is 12.2 Å². The van der Waals surface area contributed by atoms with E-state index in [-0.39, 0.29) is 30.3 Å². The Bertz CT molecular complexity index is 971. The molecule has 0 heterocycles. The maximum absolute atomic E-state index is 13.8. The number of ether oxygens (including phenoxy) is 2. The second-order valence-electron chi connectivity index (χ2n) is 9.12. The van der Waals surface area contributed by atoms with Crippen molar-refractivity contribution in [1.82, 2.24) is 10.2 Å². The minimum absolute atomic E-state index is 0.0788. The van der Waals surface area contributed by atoms with Gasteiger partial charge in [0.05, 0.1) is 14.2 Å². The highest BCUT2D eigenvalue weighted by Crippen LogP contribution is 2.35. The Morgan fingerprint density at radius 3 is 2.32 bits per heavy atom. The molecule has 0 bridgehead atoms. The van der Waals surface area contributed by atoms with E-state index in [1.165, 1.54) is 4.90 Å². The Balaban J connectivity index is 2.03. The second kappa shape index (κ2) is 12.1. The van der Waals surface area contributed by atoms with Gasteiger partial charge in [-0.1, -0.05) is 36.8 Å². The number of carbonyl (C=O) groups is 2. The summed E-state index contributed by atoms with van der Waals surface area (Å²) in [6.45, 7) is 4.49. The maximum atomic E-state index is 13.8. The molecule has 0 radical (unpaired) electrons. The van der Waals surface area contributed by atoms with Crippen molar-refractivity contribution < 1.29 is 19.1 Å². The van der Waals surface area contributed by atoms with Crippen LogP contribution in [0.15, 0.2) is 42.5 Å². The molecule has 184 valence electrons. The summed E-state index contributed by atoms with van der Waals surface area (Å²) >= 11 is 6.04. The number of hydrogen-bond acceptors (Lipinski definition) is 4. The van der Waals surface area contributed by atoms with Crippen molar-refractivity contribution in [2.45, 2.75) is 58.2 Å². The zero-order chi connectivity index (χ0) is 24.7. The van der Waals surface area contributed by atoms with E-state index in [1.54, 1.807) is 32.4 Å². The normalized spacial score (nSPS) is 18.6. The van der Waals surface area contributed by atoms with Crippen molar-refractivity contribution in [2.75, 3.05) is 20.1 Å². The molecule has 7 heteroatoms. The van der Waals surface area contributed by atoms with Gasteiger partial charge in [0.2, 0.25) is 11.8 Å². The van der Waals surface area contributed by atoms with E-state index in [0.717, 1.165) is 36.8 Å². The van der Waals surface area contributed by atoms with Crippen molar-refractivity contribution in [3.05, 3.63) is 59.2 Å². The van der Waals surface area contributed by atoms with Crippen molar-refractivity contribution >= 4 is 23.4 Å². The number of aryl methyl sites for hydroxylation is 1. The first-order valence-electron chi connectivity index (χ1n) is 11.8. The van der Waals surface area contributed by atoms with E-state index < -0.39 is 6.04 Å². The summed E-state index contributed by atoms with van der Waals surface area (Å²) < 4.78 is 11.0. The van der Waals surface area contributed by atoms with Crippen LogP contribution in [-0.2, 0) is 16.1 Å². The zero-order valence-electron chi connectivity index (χ0n) is 20.5. The molecule has 1 atom stereocenters. The van der Waals surface area contributed by atoms with Crippen LogP contribution >= 0.6 is 11.6 Å². The molecule has 1 aliphatic carbocycles. The molecule has 0 saturated heterocycles. The third-order valence-electron chi connectivity index (χ3n) is 6.56. The number of carbonyl (C=O) groups excluding carboxylic acids is 2. The number of halogens is 1. The minimum Gasteiger partial charge on any atom is -0.497 e. The highest BCUT2D eigenvalue weighted by molar-refractivity contribution is 6.27. The number of alkyl halides is 1. The van der Waals surface area contributed by atoms with Crippen LogP contribution in [0.1, 0.15) is 55.3 Å². The first-order valence-corrected chi connectivity index (χ1v) is 12.3. The molecule has 1 N–H and O–H groups in total. The molecule has 34 heavy (non-hydrogen) atoms. The molecular weight excluding hydrogens is 452 g/mol. The van der Waals surface area contributed by atoms with Crippen LogP contribution in [0.25, 0.3) is 0 Å². The van der Waals surface area contributed by atoms with E-state index >= 15 is 0 Å². The van der Waals surface area contributed by atoms with Gasteiger partial charge in [-0.3, -0.25) is 9.59 Å². The van der Waals surface area contributed by atoms with Crippen molar-refractivity contribution in [1.29, 1.82) is 0 Å². The molecule has 1 aliphatic rings. The lowest BCUT2D eigenvalue weighted by Gasteiger charge is -2.34. The fourth-order valence-corrected chi connectivity index (χ4v) is 4.63. The van der Waals surface area contributed by atoms with Crippen LogP contribution < -0.4 is 14.8 Å². The number of nitrogens with one attached hydrogen (secondary N) is 1. The summed E-state index contributed by atoms with van der Waals surface area (Å²) in [5.74, 6) is 0.950. The largest absolute Gasteiger partial charge is 0.497 e. The SMILES string of the molecule is COc1ccc(OC)c([C@H](C(=O)NC2CCC(C)CC2)N(Cc2ccc(C)cc2)C(=O)CCl)c1. The quantitative estimate of drug-likeness (QED) is 0.505. The van der Waals surface area contributed by atoms with Gasteiger partial charge >= 0.3 is 0 Å². The predicted molar refractivity (Wildman–Crippen MR) is 134 cm³/mol. The lowest BCUT2D eigenvalue weighted by molar-refractivity contribution is -0.140. The summed E-state index contributed by atoms with van der Waals surface area (Å²) in [5, 5.41) is 3.21. The number of rotatable bonds is 9. The Hall–Kier alpha value is -2.73. The van der Waals surface area contributed by atoms with Gasteiger partial charge in [-0.25, -0.2) is 0 Å². The number of amides is 2. The fraction of sp³-hybridized carbons (Fsp3) is 0.481. The van der Waals surface area contributed by atoms with Crippen molar-refractivity contribution in [2.24, 2.45) is 5.92 Å². The van der Waals surface area contributed by atoms with Crippen LogP contribution in [0.5, 0.6) is 11.5 Å². The third kappa shape index (κ3) is 6.44. The van der Waals surface area contributed by atoms with Crippen LogP contribution in [0, 0.1) is 12.8 Å². The highest BCUT2D eigenvalue weighted by Gasteiger charge is 2.35. The third-order valence-corrected chi connectivity index (χ3v) is 6.79. The molecule has 0 unspecified atom stereocenters. The molecule has 1 fully saturated rings. The van der Waals surface area contributed by atoms with Crippen molar-refractivity contribution in [3.63, 3.8) is 0 Å². The number of hydrogen-bond donors (Lipinski definition) is 1. The molecule has 2 aromatic carbocycles. The van der Waals surface area contributed by atoms with E-state index in [9.17, 15) is 9.59 Å². The molecule has 1 saturated carbocycles.